The quantitative estimate of drug-likeness (QED) is 0.565. The topological polar surface area (TPSA) is 54.5 Å². The number of hydrogen-bond acceptors (Lipinski definition) is 5. The summed E-state index contributed by atoms with van der Waals surface area (Å²) in [6, 6.07) is 15.2. The number of benzene rings is 2. The Morgan fingerprint density at radius 3 is 2.54 bits per heavy atom. The number of thiazole rings is 1. The largest absolute Gasteiger partial charge is 0.485 e. The number of anilines is 1. The Balaban J connectivity index is 1.64. The fourth-order valence-electron chi connectivity index (χ4n) is 2.82. The smallest absolute Gasteiger partial charge is 0.255 e. The number of ether oxygens (including phenoxy) is 1. The van der Waals surface area contributed by atoms with Gasteiger partial charge < -0.3 is 10.1 Å². The molecule has 0 aliphatic rings. The molecule has 1 heterocycles. The van der Waals surface area contributed by atoms with Crippen molar-refractivity contribution in [2.75, 3.05) is 18.4 Å². The van der Waals surface area contributed by atoms with Crippen molar-refractivity contribution in [2.45, 2.75) is 27.0 Å². The van der Waals surface area contributed by atoms with Crippen LogP contribution in [0, 0.1) is 0 Å². The lowest BCUT2D eigenvalue weighted by Crippen LogP contribution is -2.22. The molecular formula is C22H25N3O2S. The molecule has 0 saturated carbocycles. The number of para-hydroxylation sites is 2. The van der Waals surface area contributed by atoms with E-state index in [1.165, 1.54) is 16.9 Å². The molecule has 1 N–H and O–H groups in total. The van der Waals surface area contributed by atoms with Gasteiger partial charge in [0.25, 0.3) is 5.91 Å². The predicted molar refractivity (Wildman–Crippen MR) is 114 cm³/mol. The van der Waals surface area contributed by atoms with Crippen molar-refractivity contribution in [1.82, 2.24) is 9.88 Å². The molecule has 0 atom stereocenters. The fraction of sp³-hybridized carbons (Fsp3) is 0.273. The summed E-state index contributed by atoms with van der Waals surface area (Å²) in [5.74, 6) is 0.473. The maximum Gasteiger partial charge on any atom is 0.255 e. The van der Waals surface area contributed by atoms with Crippen LogP contribution in [-0.2, 0) is 13.2 Å². The zero-order valence-corrected chi connectivity index (χ0v) is 17.0. The maximum absolute atomic E-state index is 12.7. The SMILES string of the molecule is CCN(CC)Cc1ccc(C(=O)Nc2ccccc2OCc2cscn2)cc1. The van der Waals surface area contributed by atoms with E-state index >= 15 is 0 Å². The first kappa shape index (κ1) is 20.0. The highest BCUT2D eigenvalue weighted by molar-refractivity contribution is 7.07. The van der Waals surface area contributed by atoms with E-state index < -0.39 is 0 Å². The second-order valence-corrected chi connectivity index (χ2v) is 7.10. The van der Waals surface area contributed by atoms with Crippen LogP contribution in [0.25, 0.3) is 0 Å². The molecule has 0 unspecified atom stereocenters. The second-order valence-electron chi connectivity index (χ2n) is 6.38. The number of hydrogen-bond donors (Lipinski definition) is 1. The Labute approximate surface area is 170 Å². The molecule has 146 valence electrons. The molecule has 6 heteroatoms. The van der Waals surface area contributed by atoms with Crippen LogP contribution in [-0.4, -0.2) is 28.9 Å². The monoisotopic (exact) mass is 395 g/mol. The summed E-state index contributed by atoms with van der Waals surface area (Å²) in [6.45, 7) is 7.59. The van der Waals surface area contributed by atoms with Crippen LogP contribution in [0.1, 0.15) is 35.5 Å². The molecule has 1 amide bonds. The van der Waals surface area contributed by atoms with Gasteiger partial charge in [-0.1, -0.05) is 38.1 Å². The second kappa shape index (κ2) is 10.0. The zero-order chi connectivity index (χ0) is 19.8. The molecule has 0 saturated heterocycles. The van der Waals surface area contributed by atoms with Gasteiger partial charge in [-0.15, -0.1) is 11.3 Å². The molecule has 0 spiro atoms. The van der Waals surface area contributed by atoms with Gasteiger partial charge in [0.1, 0.15) is 12.4 Å². The summed E-state index contributed by atoms with van der Waals surface area (Å²) in [6.07, 6.45) is 0. The molecule has 0 fully saturated rings. The Hall–Kier alpha value is -2.70. The molecule has 2 aromatic carbocycles. The molecule has 0 aliphatic heterocycles. The van der Waals surface area contributed by atoms with Gasteiger partial charge >= 0.3 is 0 Å². The van der Waals surface area contributed by atoms with Crippen molar-refractivity contribution < 1.29 is 9.53 Å². The van der Waals surface area contributed by atoms with Crippen molar-refractivity contribution in [3.63, 3.8) is 0 Å². The van der Waals surface area contributed by atoms with Crippen molar-refractivity contribution in [2.24, 2.45) is 0 Å². The molecule has 0 aliphatic carbocycles. The number of carbonyl (C=O) groups is 1. The van der Waals surface area contributed by atoms with E-state index in [0.29, 0.717) is 23.6 Å². The first-order valence-corrected chi connectivity index (χ1v) is 10.4. The Morgan fingerprint density at radius 2 is 1.86 bits per heavy atom. The lowest BCUT2D eigenvalue weighted by Gasteiger charge is -2.18. The maximum atomic E-state index is 12.7. The van der Waals surface area contributed by atoms with Crippen LogP contribution < -0.4 is 10.1 Å². The van der Waals surface area contributed by atoms with Gasteiger partial charge in [0, 0.05) is 17.5 Å². The van der Waals surface area contributed by atoms with E-state index in [0.717, 1.165) is 25.3 Å². The summed E-state index contributed by atoms with van der Waals surface area (Å²) in [5.41, 5.74) is 5.12. The molecule has 28 heavy (non-hydrogen) atoms. The van der Waals surface area contributed by atoms with Crippen LogP contribution >= 0.6 is 11.3 Å². The minimum absolute atomic E-state index is 0.154. The Morgan fingerprint density at radius 1 is 1.11 bits per heavy atom. The van der Waals surface area contributed by atoms with Gasteiger partial charge in [0.05, 0.1) is 16.9 Å². The molecule has 0 radical (unpaired) electrons. The van der Waals surface area contributed by atoms with Gasteiger partial charge in [-0.05, 0) is 42.9 Å². The third-order valence-electron chi connectivity index (χ3n) is 4.51. The van der Waals surface area contributed by atoms with E-state index in [1.807, 2.05) is 53.9 Å². The van der Waals surface area contributed by atoms with Crippen LogP contribution in [0.15, 0.2) is 59.4 Å². The van der Waals surface area contributed by atoms with Crippen molar-refractivity contribution in [3.8, 4) is 5.75 Å². The van der Waals surface area contributed by atoms with Gasteiger partial charge in [0.2, 0.25) is 0 Å². The van der Waals surface area contributed by atoms with E-state index in [2.05, 4.69) is 29.0 Å². The van der Waals surface area contributed by atoms with E-state index in [4.69, 9.17) is 4.74 Å². The average Bonchev–Trinajstić information content (AvgIpc) is 3.25. The van der Waals surface area contributed by atoms with Crippen LogP contribution in [0.3, 0.4) is 0 Å². The van der Waals surface area contributed by atoms with Gasteiger partial charge in [-0.25, -0.2) is 4.98 Å². The summed E-state index contributed by atoms with van der Waals surface area (Å²) < 4.78 is 5.83. The highest BCUT2D eigenvalue weighted by Crippen LogP contribution is 2.25. The van der Waals surface area contributed by atoms with E-state index in [1.54, 1.807) is 5.51 Å². The van der Waals surface area contributed by atoms with Crippen molar-refractivity contribution in [1.29, 1.82) is 0 Å². The summed E-state index contributed by atoms with van der Waals surface area (Å²) in [5, 5.41) is 4.89. The molecule has 3 rings (SSSR count). The fourth-order valence-corrected chi connectivity index (χ4v) is 3.36. The Kier molecular flexibility index (Phi) is 7.17. The third kappa shape index (κ3) is 5.41. The lowest BCUT2D eigenvalue weighted by atomic mass is 10.1. The standard InChI is InChI=1S/C22H25N3O2S/c1-3-25(4-2)13-17-9-11-18(12-10-17)22(26)24-20-7-5-6-8-21(20)27-14-19-15-28-16-23-19/h5-12,15-16H,3-4,13-14H2,1-2H3,(H,24,26). The minimum atomic E-state index is -0.154. The third-order valence-corrected chi connectivity index (χ3v) is 5.15. The summed E-state index contributed by atoms with van der Waals surface area (Å²) in [4.78, 5) is 19.2. The first-order valence-electron chi connectivity index (χ1n) is 9.41. The lowest BCUT2D eigenvalue weighted by molar-refractivity contribution is 0.102. The van der Waals surface area contributed by atoms with Crippen molar-refractivity contribution in [3.05, 3.63) is 76.2 Å². The first-order chi connectivity index (χ1) is 13.7. The Bertz CT molecular complexity index is 875. The zero-order valence-electron chi connectivity index (χ0n) is 16.2. The van der Waals surface area contributed by atoms with Crippen molar-refractivity contribution >= 4 is 22.9 Å². The predicted octanol–water partition coefficient (Wildman–Crippen LogP) is 4.82. The average molecular weight is 396 g/mol. The number of carbonyl (C=O) groups excluding carboxylic acids is 1. The molecule has 5 nitrogen and oxygen atoms in total. The number of aromatic nitrogens is 1. The number of nitrogens with zero attached hydrogens (tertiary/aromatic N) is 2. The van der Waals surface area contributed by atoms with Gasteiger partial charge in [-0.2, -0.15) is 0 Å². The van der Waals surface area contributed by atoms with Crippen LogP contribution in [0.4, 0.5) is 5.69 Å². The summed E-state index contributed by atoms with van der Waals surface area (Å²) >= 11 is 1.53. The van der Waals surface area contributed by atoms with E-state index in [-0.39, 0.29) is 5.91 Å². The molecule has 0 bridgehead atoms. The number of amides is 1. The van der Waals surface area contributed by atoms with Crippen LogP contribution in [0.5, 0.6) is 5.75 Å². The van der Waals surface area contributed by atoms with Gasteiger partial charge in [-0.3, -0.25) is 9.69 Å². The number of nitrogens with one attached hydrogen (secondary N) is 1. The molecule has 3 aromatic rings. The highest BCUT2D eigenvalue weighted by Gasteiger charge is 2.11. The minimum Gasteiger partial charge on any atom is -0.485 e. The number of rotatable bonds is 9. The van der Waals surface area contributed by atoms with Gasteiger partial charge in [0.15, 0.2) is 0 Å². The summed E-state index contributed by atoms with van der Waals surface area (Å²) in [7, 11) is 0. The van der Waals surface area contributed by atoms with E-state index in [9.17, 15) is 4.79 Å². The normalized spacial score (nSPS) is 10.8. The molecule has 1 aromatic heterocycles. The molecular weight excluding hydrogens is 370 g/mol. The van der Waals surface area contributed by atoms with Crippen LogP contribution in [0.2, 0.25) is 0 Å². The highest BCUT2D eigenvalue weighted by atomic mass is 32.1.